The molecule has 0 aliphatic heterocycles. The highest BCUT2D eigenvalue weighted by Crippen LogP contribution is 2.60. The number of nitrogens with one attached hydrogen (secondary N) is 1. The van der Waals surface area contributed by atoms with Crippen molar-refractivity contribution in [2.24, 2.45) is 17.8 Å². The van der Waals surface area contributed by atoms with Gasteiger partial charge < -0.3 is 4.98 Å². The van der Waals surface area contributed by atoms with Crippen LogP contribution in [0.2, 0.25) is 0 Å². The van der Waals surface area contributed by atoms with Crippen LogP contribution in [0.25, 0.3) is 0 Å². The fourth-order valence-corrected chi connectivity index (χ4v) is 5.82. The van der Waals surface area contributed by atoms with E-state index in [4.69, 9.17) is 12.2 Å². The van der Waals surface area contributed by atoms with Gasteiger partial charge in [0, 0.05) is 23.7 Å². The molecule has 0 atom stereocenters. The Labute approximate surface area is 130 Å². The van der Waals surface area contributed by atoms with Gasteiger partial charge in [0.25, 0.3) is 5.56 Å². The molecule has 4 aliphatic rings. The van der Waals surface area contributed by atoms with Crippen LogP contribution >= 0.6 is 12.2 Å². The molecule has 1 heterocycles. The molecular formula is C17H22N2OS. The lowest BCUT2D eigenvalue weighted by atomic mass is 9.49. The van der Waals surface area contributed by atoms with Gasteiger partial charge in [-0.1, -0.05) is 6.08 Å². The number of rotatable bonds is 3. The largest absolute Gasteiger partial charge is 0.335 e. The molecule has 0 saturated heterocycles. The van der Waals surface area contributed by atoms with Gasteiger partial charge in [-0.05, 0) is 68.5 Å². The number of nitrogens with zero attached hydrogens (tertiary/aromatic N) is 1. The molecule has 5 rings (SSSR count). The summed E-state index contributed by atoms with van der Waals surface area (Å²) in [5, 5.41) is 0. The van der Waals surface area contributed by atoms with Gasteiger partial charge in [-0.3, -0.25) is 9.36 Å². The van der Waals surface area contributed by atoms with E-state index in [0.29, 0.717) is 11.3 Å². The SMILES string of the molecule is C=CCn1c(=O)cc(C23CC4CC(CC(C4)C2)C3)[nH]c1=S. The normalized spacial score (nSPS) is 36.9. The Morgan fingerprint density at radius 2 is 1.86 bits per heavy atom. The first-order valence-electron chi connectivity index (χ1n) is 8.05. The average molecular weight is 302 g/mol. The maximum absolute atomic E-state index is 12.4. The zero-order valence-electron chi connectivity index (χ0n) is 12.3. The minimum absolute atomic E-state index is 0.0180. The molecule has 4 fully saturated rings. The number of hydrogen-bond acceptors (Lipinski definition) is 2. The van der Waals surface area contributed by atoms with Crippen molar-refractivity contribution in [2.45, 2.75) is 50.5 Å². The molecule has 0 aromatic carbocycles. The van der Waals surface area contributed by atoms with Crippen molar-refractivity contribution in [1.82, 2.24) is 9.55 Å². The molecule has 0 unspecified atom stereocenters. The number of H-pyrrole nitrogens is 1. The molecule has 1 N–H and O–H groups in total. The Bertz CT molecular complexity index is 633. The van der Waals surface area contributed by atoms with E-state index < -0.39 is 0 Å². The summed E-state index contributed by atoms with van der Waals surface area (Å²) >= 11 is 5.41. The summed E-state index contributed by atoms with van der Waals surface area (Å²) in [6.07, 6.45) is 9.68. The van der Waals surface area contributed by atoms with Crippen LogP contribution in [-0.2, 0) is 12.0 Å². The van der Waals surface area contributed by atoms with Gasteiger partial charge in [0.2, 0.25) is 0 Å². The molecular weight excluding hydrogens is 280 g/mol. The molecule has 4 aliphatic carbocycles. The fourth-order valence-electron chi connectivity index (χ4n) is 5.55. The van der Waals surface area contributed by atoms with Crippen molar-refractivity contribution in [2.75, 3.05) is 0 Å². The first-order chi connectivity index (χ1) is 10.1. The van der Waals surface area contributed by atoms with Gasteiger partial charge in [-0.2, -0.15) is 0 Å². The van der Waals surface area contributed by atoms with Crippen LogP contribution in [0.5, 0.6) is 0 Å². The van der Waals surface area contributed by atoms with Crippen LogP contribution in [0, 0.1) is 22.5 Å². The Balaban J connectivity index is 1.78. The van der Waals surface area contributed by atoms with E-state index in [9.17, 15) is 4.79 Å². The molecule has 3 nitrogen and oxygen atoms in total. The summed E-state index contributed by atoms with van der Waals surface area (Å²) < 4.78 is 2.14. The molecule has 4 saturated carbocycles. The van der Waals surface area contributed by atoms with E-state index in [-0.39, 0.29) is 11.0 Å². The summed E-state index contributed by atoms with van der Waals surface area (Å²) in [4.78, 5) is 15.8. The van der Waals surface area contributed by atoms with Crippen molar-refractivity contribution < 1.29 is 0 Å². The summed E-state index contributed by atoms with van der Waals surface area (Å²) in [7, 11) is 0. The number of aromatic amines is 1. The molecule has 0 radical (unpaired) electrons. The Kier molecular flexibility index (Phi) is 3.00. The van der Waals surface area contributed by atoms with E-state index >= 15 is 0 Å². The second-order valence-corrected chi connectivity index (χ2v) is 7.81. The fraction of sp³-hybridized carbons (Fsp3) is 0.647. The smallest absolute Gasteiger partial charge is 0.254 e. The van der Waals surface area contributed by atoms with Crippen molar-refractivity contribution in [3.8, 4) is 0 Å². The third-order valence-electron chi connectivity index (χ3n) is 5.94. The van der Waals surface area contributed by atoms with Crippen LogP contribution in [0.15, 0.2) is 23.5 Å². The molecule has 4 heteroatoms. The van der Waals surface area contributed by atoms with Crippen molar-refractivity contribution in [3.63, 3.8) is 0 Å². The highest BCUT2D eigenvalue weighted by molar-refractivity contribution is 7.71. The molecule has 112 valence electrons. The molecule has 21 heavy (non-hydrogen) atoms. The van der Waals surface area contributed by atoms with E-state index in [0.717, 1.165) is 23.4 Å². The Morgan fingerprint density at radius 1 is 1.29 bits per heavy atom. The van der Waals surface area contributed by atoms with Crippen molar-refractivity contribution in [1.29, 1.82) is 0 Å². The monoisotopic (exact) mass is 302 g/mol. The van der Waals surface area contributed by atoms with Crippen LogP contribution in [-0.4, -0.2) is 9.55 Å². The molecule has 0 spiro atoms. The van der Waals surface area contributed by atoms with Gasteiger partial charge in [0.15, 0.2) is 4.77 Å². The Morgan fingerprint density at radius 3 is 2.33 bits per heavy atom. The van der Waals surface area contributed by atoms with Gasteiger partial charge in [-0.25, -0.2) is 0 Å². The highest BCUT2D eigenvalue weighted by atomic mass is 32.1. The predicted molar refractivity (Wildman–Crippen MR) is 85.9 cm³/mol. The van der Waals surface area contributed by atoms with Crippen molar-refractivity contribution >= 4 is 12.2 Å². The van der Waals surface area contributed by atoms with Crippen LogP contribution in [0.1, 0.15) is 44.2 Å². The summed E-state index contributed by atoms with van der Waals surface area (Å²) in [5.41, 5.74) is 1.33. The first kappa shape index (κ1) is 13.5. The lowest BCUT2D eigenvalue weighted by molar-refractivity contribution is -0.00743. The maximum atomic E-state index is 12.4. The van der Waals surface area contributed by atoms with Gasteiger partial charge in [0.1, 0.15) is 0 Å². The zero-order valence-corrected chi connectivity index (χ0v) is 13.1. The van der Waals surface area contributed by atoms with Crippen LogP contribution < -0.4 is 5.56 Å². The number of aromatic nitrogens is 2. The zero-order chi connectivity index (χ0) is 14.6. The van der Waals surface area contributed by atoms with Gasteiger partial charge in [0.05, 0.1) is 0 Å². The second kappa shape index (κ2) is 4.67. The second-order valence-electron chi connectivity index (χ2n) is 7.42. The van der Waals surface area contributed by atoms with E-state index in [1.54, 1.807) is 10.6 Å². The lowest BCUT2D eigenvalue weighted by Crippen LogP contribution is -2.49. The average Bonchev–Trinajstić information content (AvgIpc) is 2.41. The quantitative estimate of drug-likeness (QED) is 0.685. The summed E-state index contributed by atoms with van der Waals surface area (Å²) in [6.45, 7) is 4.18. The van der Waals surface area contributed by atoms with E-state index in [1.807, 2.05) is 6.07 Å². The minimum Gasteiger partial charge on any atom is -0.335 e. The first-order valence-corrected chi connectivity index (χ1v) is 8.46. The van der Waals surface area contributed by atoms with Gasteiger partial charge in [-0.15, -0.1) is 6.58 Å². The maximum Gasteiger partial charge on any atom is 0.254 e. The summed E-state index contributed by atoms with van der Waals surface area (Å²) in [5.74, 6) is 2.61. The van der Waals surface area contributed by atoms with E-state index in [2.05, 4.69) is 11.6 Å². The van der Waals surface area contributed by atoms with Crippen LogP contribution in [0.3, 0.4) is 0 Å². The van der Waals surface area contributed by atoms with E-state index in [1.165, 1.54) is 38.5 Å². The molecule has 4 bridgehead atoms. The highest BCUT2D eigenvalue weighted by Gasteiger charge is 2.52. The number of allylic oxidation sites excluding steroid dienone is 1. The van der Waals surface area contributed by atoms with Crippen molar-refractivity contribution in [3.05, 3.63) is 39.5 Å². The Hall–Kier alpha value is -1.16. The standard InChI is InChI=1S/C17H22N2OS/c1-2-3-19-15(20)7-14(18-16(19)21)17-8-11-4-12(9-17)6-13(5-11)10-17/h2,7,11-13H,1,3-6,8-10H2,(H,18,21). The third kappa shape index (κ3) is 2.07. The van der Waals surface area contributed by atoms with Crippen LogP contribution in [0.4, 0.5) is 0 Å². The van der Waals surface area contributed by atoms with Gasteiger partial charge >= 0.3 is 0 Å². The number of hydrogen-bond donors (Lipinski definition) is 1. The predicted octanol–water partition coefficient (Wildman–Crippen LogP) is 3.56. The molecule has 1 aromatic heterocycles. The molecule has 1 aromatic rings. The molecule has 0 amide bonds. The summed E-state index contributed by atoms with van der Waals surface area (Å²) in [6, 6.07) is 1.81. The minimum atomic E-state index is 0.0180. The topological polar surface area (TPSA) is 37.8 Å². The lowest BCUT2D eigenvalue weighted by Gasteiger charge is -2.56. The third-order valence-corrected chi connectivity index (χ3v) is 6.26.